The van der Waals surface area contributed by atoms with E-state index in [1.807, 2.05) is 29.3 Å². The molecular weight excluding hydrogens is 364 g/mol. The monoisotopic (exact) mass is 382 g/mol. The fourth-order valence-corrected chi connectivity index (χ4v) is 6.47. The summed E-state index contributed by atoms with van der Waals surface area (Å²) in [6.07, 6.45) is 4.70. The molecule has 5 aliphatic rings. The summed E-state index contributed by atoms with van der Waals surface area (Å²) in [5, 5.41) is 2.91. The van der Waals surface area contributed by atoms with Gasteiger partial charge in [-0.25, -0.2) is 4.79 Å². The summed E-state index contributed by atoms with van der Waals surface area (Å²) in [5.74, 6) is 0.0957. The first-order valence-electron chi connectivity index (χ1n) is 9.29. The Labute approximate surface area is 161 Å². The highest BCUT2D eigenvalue weighted by Gasteiger charge is 2.76. The average Bonchev–Trinajstić information content (AvgIpc) is 3.15. The van der Waals surface area contributed by atoms with E-state index >= 15 is 0 Å². The molecule has 2 spiro atoms. The van der Waals surface area contributed by atoms with E-state index in [0.717, 1.165) is 11.3 Å². The summed E-state index contributed by atoms with van der Waals surface area (Å²) in [4.78, 5) is 33.8. The van der Waals surface area contributed by atoms with Crippen molar-refractivity contribution in [1.82, 2.24) is 10.2 Å². The van der Waals surface area contributed by atoms with Crippen LogP contribution in [0, 0.1) is 5.41 Å². The third kappa shape index (κ3) is 1.41. The van der Waals surface area contributed by atoms with Crippen LogP contribution in [0.4, 0.5) is 10.5 Å². The van der Waals surface area contributed by atoms with Gasteiger partial charge < -0.3 is 10.2 Å². The van der Waals surface area contributed by atoms with Crippen LogP contribution in [0.1, 0.15) is 38.2 Å². The molecule has 1 N–H and O–H groups in total. The fourth-order valence-electron chi connectivity index (χ4n) is 6.09. The van der Waals surface area contributed by atoms with Gasteiger partial charge in [-0.3, -0.25) is 9.69 Å². The molecule has 7 heteroatoms. The molecule has 0 aromatic heterocycles. The van der Waals surface area contributed by atoms with Crippen LogP contribution in [0.3, 0.4) is 0 Å². The van der Waals surface area contributed by atoms with Crippen molar-refractivity contribution in [3.8, 4) is 0 Å². The molecular formula is C20H19ClN4O2. The standard InChI is InChI=1S/C20H19ClN4O2/c1-18(2)14(21)10-19-12-9-16(26)24(19)8-7-15-20(18,23-17(27)22-15)25(19)13-6-4-3-5-11(12)13/h3-8,12,14H,9-10H2,1-2H3,(H,23,27). The first kappa shape index (κ1) is 15.7. The van der Waals surface area contributed by atoms with Crippen molar-refractivity contribution < 1.29 is 9.59 Å². The van der Waals surface area contributed by atoms with Crippen molar-refractivity contribution in [3.05, 3.63) is 42.1 Å². The van der Waals surface area contributed by atoms with Gasteiger partial charge >= 0.3 is 6.03 Å². The number of rotatable bonds is 0. The smallest absolute Gasteiger partial charge is 0.318 e. The Bertz CT molecular complexity index is 1000. The van der Waals surface area contributed by atoms with Gasteiger partial charge in [0.25, 0.3) is 0 Å². The van der Waals surface area contributed by atoms with Crippen molar-refractivity contribution in [2.45, 2.75) is 49.3 Å². The van der Waals surface area contributed by atoms with Crippen LogP contribution in [0.25, 0.3) is 0 Å². The zero-order valence-corrected chi connectivity index (χ0v) is 15.8. The van der Waals surface area contributed by atoms with Crippen molar-refractivity contribution in [3.63, 3.8) is 0 Å². The Morgan fingerprint density at radius 2 is 2.04 bits per heavy atom. The molecule has 3 amide bonds. The van der Waals surface area contributed by atoms with E-state index in [2.05, 4.69) is 41.2 Å². The van der Waals surface area contributed by atoms with E-state index < -0.39 is 16.7 Å². The lowest BCUT2D eigenvalue weighted by Gasteiger charge is -2.63. The predicted molar refractivity (Wildman–Crippen MR) is 102 cm³/mol. The zero-order valence-electron chi connectivity index (χ0n) is 15.1. The fraction of sp³-hybridized carbons (Fsp3) is 0.450. The predicted octanol–water partition coefficient (Wildman–Crippen LogP) is 2.94. The summed E-state index contributed by atoms with van der Waals surface area (Å²) < 4.78 is 0. The number of amides is 3. The highest BCUT2D eigenvalue weighted by atomic mass is 35.5. The topological polar surface area (TPSA) is 65.0 Å². The molecule has 2 saturated heterocycles. The number of alkyl halides is 1. The summed E-state index contributed by atoms with van der Waals surface area (Å²) in [6, 6.07) is 7.84. The largest absolute Gasteiger partial charge is 0.343 e. The lowest BCUT2D eigenvalue weighted by molar-refractivity contribution is -0.129. The number of nitrogens with zero attached hydrogens (tertiary/aromatic N) is 3. The molecule has 1 aromatic rings. The lowest BCUT2D eigenvalue weighted by Crippen LogP contribution is -2.81. The van der Waals surface area contributed by atoms with Crippen LogP contribution in [0.15, 0.2) is 41.5 Å². The maximum atomic E-state index is 13.0. The molecule has 6 nitrogen and oxygen atoms in total. The number of para-hydroxylation sites is 1. The van der Waals surface area contributed by atoms with Crippen LogP contribution >= 0.6 is 11.6 Å². The van der Waals surface area contributed by atoms with Crippen LogP contribution in [0.5, 0.6) is 0 Å². The molecule has 138 valence electrons. The third-order valence-corrected chi connectivity index (χ3v) is 8.06. The molecule has 0 aliphatic carbocycles. The number of benzene rings is 1. The molecule has 4 unspecified atom stereocenters. The number of halogens is 1. The van der Waals surface area contributed by atoms with Crippen LogP contribution in [-0.4, -0.2) is 39.3 Å². The Balaban J connectivity index is 1.77. The maximum Gasteiger partial charge on any atom is 0.343 e. The average molecular weight is 383 g/mol. The molecule has 0 radical (unpaired) electrons. The van der Waals surface area contributed by atoms with E-state index in [1.165, 1.54) is 0 Å². The first-order chi connectivity index (χ1) is 12.8. The molecule has 4 atom stereocenters. The number of fused-ring (bicyclic) bond motifs is 2. The number of piperidine rings is 1. The van der Waals surface area contributed by atoms with Gasteiger partial charge in [0.15, 0.2) is 5.66 Å². The molecule has 27 heavy (non-hydrogen) atoms. The van der Waals surface area contributed by atoms with Crippen molar-refractivity contribution in [2.24, 2.45) is 10.4 Å². The molecule has 1 aromatic carbocycles. The number of nitrogens with one attached hydrogen (secondary N) is 1. The third-order valence-electron chi connectivity index (χ3n) is 7.36. The number of aliphatic imine (C=N–C) groups is 1. The Kier molecular flexibility index (Phi) is 2.55. The van der Waals surface area contributed by atoms with Gasteiger partial charge in [0.2, 0.25) is 5.91 Å². The minimum absolute atomic E-state index is 0.0110. The number of hydrogen-bond acceptors (Lipinski definition) is 3. The van der Waals surface area contributed by atoms with Crippen LogP contribution in [-0.2, 0) is 4.79 Å². The van der Waals surface area contributed by atoms with Crippen molar-refractivity contribution in [2.75, 3.05) is 4.90 Å². The van der Waals surface area contributed by atoms with E-state index in [0.29, 0.717) is 18.6 Å². The van der Waals surface area contributed by atoms with E-state index in [9.17, 15) is 9.59 Å². The van der Waals surface area contributed by atoms with Gasteiger partial charge in [-0.15, -0.1) is 11.6 Å². The number of urea groups is 1. The van der Waals surface area contributed by atoms with Gasteiger partial charge in [0.1, 0.15) is 5.66 Å². The van der Waals surface area contributed by atoms with Gasteiger partial charge in [-0.1, -0.05) is 32.0 Å². The van der Waals surface area contributed by atoms with Crippen LogP contribution in [0.2, 0.25) is 0 Å². The Hall–Kier alpha value is -2.34. The molecule has 6 rings (SSSR count). The second kappa shape index (κ2) is 4.38. The van der Waals surface area contributed by atoms with Crippen LogP contribution < -0.4 is 10.2 Å². The second-order valence-electron chi connectivity index (χ2n) is 8.64. The molecule has 2 bridgehead atoms. The first-order valence-corrected chi connectivity index (χ1v) is 9.73. The Morgan fingerprint density at radius 1 is 1.26 bits per heavy atom. The normalized spacial score (nSPS) is 39.6. The lowest BCUT2D eigenvalue weighted by atomic mass is 9.65. The summed E-state index contributed by atoms with van der Waals surface area (Å²) in [7, 11) is 0. The minimum Gasteiger partial charge on any atom is -0.318 e. The van der Waals surface area contributed by atoms with Gasteiger partial charge in [-0.2, -0.15) is 4.99 Å². The molecule has 5 heterocycles. The van der Waals surface area contributed by atoms with E-state index in [-0.39, 0.29) is 23.2 Å². The van der Waals surface area contributed by atoms with Gasteiger partial charge in [0, 0.05) is 41.4 Å². The summed E-state index contributed by atoms with van der Waals surface area (Å²) in [5.41, 5.74) is 0.808. The molecule has 2 fully saturated rings. The summed E-state index contributed by atoms with van der Waals surface area (Å²) >= 11 is 7.00. The quantitative estimate of drug-likeness (QED) is 0.701. The number of anilines is 1. The van der Waals surface area contributed by atoms with Gasteiger partial charge in [-0.05, 0) is 17.7 Å². The number of hydrogen-bond donors (Lipinski definition) is 1. The van der Waals surface area contributed by atoms with Crippen molar-refractivity contribution in [1.29, 1.82) is 0 Å². The number of carbonyl (C=O) groups excluding carboxylic acids is 2. The molecule has 0 saturated carbocycles. The highest BCUT2D eigenvalue weighted by molar-refractivity contribution is 6.24. The zero-order chi connectivity index (χ0) is 18.8. The maximum absolute atomic E-state index is 13.0. The molecule has 5 aliphatic heterocycles. The van der Waals surface area contributed by atoms with E-state index in [1.54, 1.807) is 0 Å². The summed E-state index contributed by atoms with van der Waals surface area (Å²) in [6.45, 7) is 4.16. The second-order valence-corrected chi connectivity index (χ2v) is 9.17. The van der Waals surface area contributed by atoms with E-state index in [4.69, 9.17) is 11.6 Å². The number of carbonyl (C=O) groups is 2. The van der Waals surface area contributed by atoms with Gasteiger partial charge in [0.05, 0.1) is 5.71 Å². The van der Waals surface area contributed by atoms with Crippen molar-refractivity contribution >= 4 is 34.9 Å². The highest BCUT2D eigenvalue weighted by Crippen LogP contribution is 2.66. The Morgan fingerprint density at radius 3 is 2.85 bits per heavy atom. The SMILES string of the molecule is CC1(C)C(Cl)CC23C4CC(=O)N2C=CC2=NC(=O)NC21N3c1ccccc14. The minimum atomic E-state index is -0.893.